The zero-order valence-corrected chi connectivity index (χ0v) is 10.1. The van der Waals surface area contributed by atoms with Crippen LogP contribution in [0.1, 0.15) is 19.8 Å². The lowest BCUT2D eigenvalue weighted by Crippen LogP contribution is -2.48. The highest BCUT2D eigenvalue weighted by atomic mass is 16.5. The van der Waals surface area contributed by atoms with E-state index in [0.29, 0.717) is 13.2 Å². The molecular weight excluding hydrogens is 206 g/mol. The van der Waals surface area contributed by atoms with E-state index in [4.69, 9.17) is 20.6 Å². The largest absolute Gasteiger partial charge is 0.385 e. The topological polar surface area (TPSA) is 71.6 Å². The first-order valence-corrected chi connectivity index (χ1v) is 5.99. The van der Waals surface area contributed by atoms with Crippen LogP contribution < -0.4 is 5.73 Å². The van der Waals surface area contributed by atoms with Crippen molar-refractivity contribution in [1.29, 1.82) is 5.41 Å². The zero-order chi connectivity index (χ0) is 11.8. The highest BCUT2D eigenvalue weighted by Gasteiger charge is 2.21. The van der Waals surface area contributed by atoms with Crippen molar-refractivity contribution in [3.05, 3.63) is 0 Å². The average Bonchev–Trinajstić information content (AvgIpc) is 2.29. The number of unbranched alkanes of at least 4 members (excludes halogenated alkanes) is 1. The van der Waals surface area contributed by atoms with E-state index >= 15 is 0 Å². The van der Waals surface area contributed by atoms with Crippen LogP contribution in [0.15, 0.2) is 0 Å². The molecule has 0 aliphatic carbocycles. The number of nitrogens with two attached hydrogens (primary N) is 1. The van der Waals surface area contributed by atoms with Gasteiger partial charge in [0.2, 0.25) is 0 Å². The van der Waals surface area contributed by atoms with Crippen molar-refractivity contribution in [2.45, 2.75) is 25.9 Å². The van der Waals surface area contributed by atoms with Crippen LogP contribution in [0.5, 0.6) is 0 Å². The van der Waals surface area contributed by atoms with Gasteiger partial charge < -0.3 is 15.2 Å². The van der Waals surface area contributed by atoms with Crippen LogP contribution in [0.2, 0.25) is 0 Å². The van der Waals surface area contributed by atoms with Crippen molar-refractivity contribution in [2.24, 2.45) is 5.73 Å². The van der Waals surface area contributed by atoms with E-state index in [1.165, 1.54) is 6.42 Å². The van der Waals surface area contributed by atoms with Gasteiger partial charge in [-0.05, 0) is 6.42 Å². The second-order valence-corrected chi connectivity index (χ2v) is 4.08. The first-order valence-electron chi connectivity index (χ1n) is 5.99. The van der Waals surface area contributed by atoms with Gasteiger partial charge in [-0.25, -0.2) is 0 Å². The van der Waals surface area contributed by atoms with Crippen molar-refractivity contribution < 1.29 is 9.47 Å². The summed E-state index contributed by atoms with van der Waals surface area (Å²) in [5, 5.41) is 7.34. The molecule has 1 heterocycles. The fourth-order valence-electron chi connectivity index (χ4n) is 1.64. The second-order valence-electron chi connectivity index (χ2n) is 4.08. The van der Waals surface area contributed by atoms with Crippen molar-refractivity contribution in [3.63, 3.8) is 0 Å². The van der Waals surface area contributed by atoms with E-state index in [2.05, 4.69) is 11.8 Å². The summed E-state index contributed by atoms with van der Waals surface area (Å²) >= 11 is 0. The quantitative estimate of drug-likeness (QED) is 0.377. The molecule has 3 N–H and O–H groups in total. The summed E-state index contributed by atoms with van der Waals surface area (Å²) in [4.78, 5) is 2.24. The number of hydrogen-bond donors (Lipinski definition) is 2. The molecule has 1 saturated heterocycles. The summed E-state index contributed by atoms with van der Waals surface area (Å²) in [7, 11) is 0. The van der Waals surface area contributed by atoms with Crippen LogP contribution >= 0.6 is 0 Å². The molecule has 0 radical (unpaired) electrons. The predicted molar refractivity (Wildman–Crippen MR) is 63.8 cm³/mol. The molecule has 0 bridgehead atoms. The molecule has 1 fully saturated rings. The zero-order valence-electron chi connectivity index (χ0n) is 10.1. The monoisotopic (exact) mass is 229 g/mol. The molecule has 0 aromatic heterocycles. The third-order valence-corrected chi connectivity index (χ3v) is 2.69. The third-order valence-electron chi connectivity index (χ3n) is 2.69. The molecule has 1 unspecified atom stereocenters. The lowest BCUT2D eigenvalue weighted by molar-refractivity contribution is -0.00623. The molecule has 0 amide bonds. The van der Waals surface area contributed by atoms with Gasteiger partial charge in [0.1, 0.15) is 11.9 Å². The van der Waals surface area contributed by atoms with Gasteiger partial charge in [-0.2, -0.15) is 0 Å². The molecule has 5 nitrogen and oxygen atoms in total. The molecule has 0 saturated carbocycles. The highest BCUT2D eigenvalue weighted by Crippen LogP contribution is 2.04. The minimum Gasteiger partial charge on any atom is -0.385 e. The van der Waals surface area contributed by atoms with Gasteiger partial charge in [-0.1, -0.05) is 13.3 Å². The van der Waals surface area contributed by atoms with E-state index < -0.39 is 0 Å². The minimum atomic E-state index is -0.232. The number of amidine groups is 1. The molecule has 1 aliphatic rings. The molecular formula is C11H23N3O2. The van der Waals surface area contributed by atoms with E-state index in [9.17, 15) is 0 Å². The summed E-state index contributed by atoms with van der Waals surface area (Å²) < 4.78 is 10.9. The van der Waals surface area contributed by atoms with Crippen molar-refractivity contribution in [1.82, 2.24) is 4.90 Å². The first-order chi connectivity index (χ1) is 7.74. The SMILES string of the molecule is CCCCOCCN1CCOC(C(=N)N)C1. The Hall–Kier alpha value is -0.650. The van der Waals surface area contributed by atoms with Gasteiger partial charge in [-0.3, -0.25) is 10.3 Å². The standard InChI is InChI=1S/C11H23N3O2/c1-2-3-6-15-7-4-14-5-8-16-10(9-14)11(12)13/h10H,2-9H2,1H3,(H3,12,13). The normalized spacial score (nSPS) is 22.2. The summed E-state index contributed by atoms with van der Waals surface area (Å²) in [6.07, 6.45) is 2.06. The Balaban J connectivity index is 2.10. The molecule has 16 heavy (non-hydrogen) atoms. The summed E-state index contributed by atoms with van der Waals surface area (Å²) in [5.74, 6) is 0.122. The summed E-state index contributed by atoms with van der Waals surface area (Å²) in [6.45, 7) is 6.92. The second kappa shape index (κ2) is 7.60. The van der Waals surface area contributed by atoms with Crippen LogP contribution in [0.4, 0.5) is 0 Å². The molecule has 1 atom stereocenters. The molecule has 0 aromatic rings. The van der Waals surface area contributed by atoms with Crippen LogP contribution in [0, 0.1) is 5.41 Å². The maximum Gasteiger partial charge on any atom is 0.127 e. The molecule has 0 aromatic carbocycles. The molecule has 94 valence electrons. The number of hydrogen-bond acceptors (Lipinski definition) is 4. The smallest absolute Gasteiger partial charge is 0.127 e. The molecule has 1 aliphatic heterocycles. The van der Waals surface area contributed by atoms with Crippen molar-refractivity contribution in [3.8, 4) is 0 Å². The van der Waals surface area contributed by atoms with Crippen LogP contribution in [-0.2, 0) is 9.47 Å². The molecule has 0 spiro atoms. The van der Waals surface area contributed by atoms with E-state index in [0.717, 1.165) is 32.7 Å². The Labute approximate surface area is 97.4 Å². The Kier molecular flexibility index (Phi) is 6.37. The number of rotatable bonds is 7. The Bertz CT molecular complexity index is 211. The van der Waals surface area contributed by atoms with Gasteiger partial charge in [0.05, 0.1) is 13.2 Å². The first kappa shape index (κ1) is 13.4. The van der Waals surface area contributed by atoms with Crippen LogP contribution in [0.25, 0.3) is 0 Å². The molecule has 1 rings (SSSR count). The van der Waals surface area contributed by atoms with E-state index in [-0.39, 0.29) is 11.9 Å². The highest BCUT2D eigenvalue weighted by molar-refractivity contribution is 5.82. The number of nitrogens with one attached hydrogen (secondary N) is 1. The van der Waals surface area contributed by atoms with Gasteiger partial charge >= 0.3 is 0 Å². The maximum absolute atomic E-state index is 7.34. The van der Waals surface area contributed by atoms with Gasteiger partial charge in [0.15, 0.2) is 0 Å². The average molecular weight is 229 g/mol. The predicted octanol–water partition coefficient (Wildman–Crippen LogP) is 0.440. The fourth-order valence-corrected chi connectivity index (χ4v) is 1.64. The minimum absolute atomic E-state index is 0.122. The number of ether oxygens (including phenoxy) is 2. The lowest BCUT2D eigenvalue weighted by atomic mass is 10.2. The van der Waals surface area contributed by atoms with E-state index in [1.807, 2.05) is 0 Å². The third kappa shape index (κ3) is 4.92. The van der Waals surface area contributed by atoms with Crippen LogP contribution in [-0.4, -0.2) is 56.3 Å². The Morgan fingerprint density at radius 1 is 1.56 bits per heavy atom. The summed E-state index contributed by atoms with van der Waals surface area (Å²) in [6, 6.07) is 0. The van der Waals surface area contributed by atoms with Crippen molar-refractivity contribution >= 4 is 5.84 Å². The Morgan fingerprint density at radius 3 is 3.06 bits per heavy atom. The Morgan fingerprint density at radius 2 is 2.38 bits per heavy atom. The summed E-state index contributed by atoms with van der Waals surface area (Å²) in [5.41, 5.74) is 5.42. The van der Waals surface area contributed by atoms with Gasteiger partial charge in [-0.15, -0.1) is 0 Å². The van der Waals surface area contributed by atoms with E-state index in [1.54, 1.807) is 0 Å². The fraction of sp³-hybridized carbons (Fsp3) is 0.909. The molecule has 5 heteroatoms. The van der Waals surface area contributed by atoms with Gasteiger partial charge in [0, 0.05) is 26.2 Å². The van der Waals surface area contributed by atoms with Crippen LogP contribution in [0.3, 0.4) is 0 Å². The van der Waals surface area contributed by atoms with Crippen molar-refractivity contribution in [2.75, 3.05) is 39.5 Å². The number of nitrogens with zero attached hydrogens (tertiary/aromatic N) is 1. The number of morpholine rings is 1. The lowest BCUT2D eigenvalue weighted by Gasteiger charge is -2.32. The maximum atomic E-state index is 7.34. The van der Waals surface area contributed by atoms with Gasteiger partial charge in [0.25, 0.3) is 0 Å².